The highest BCUT2D eigenvalue weighted by Crippen LogP contribution is 2.42. The number of thiophene rings is 2. The Morgan fingerprint density at radius 1 is 1.14 bits per heavy atom. The van der Waals surface area contributed by atoms with Gasteiger partial charge in [-0.2, -0.15) is 22.7 Å². The van der Waals surface area contributed by atoms with E-state index in [1.165, 1.54) is 11.1 Å². The summed E-state index contributed by atoms with van der Waals surface area (Å²) in [6.45, 7) is 4.10. The highest BCUT2D eigenvalue weighted by Gasteiger charge is 2.56. The van der Waals surface area contributed by atoms with E-state index in [1.807, 2.05) is 17.2 Å². The summed E-state index contributed by atoms with van der Waals surface area (Å²) < 4.78 is 6.35. The zero-order valence-electron chi connectivity index (χ0n) is 16.1. The lowest BCUT2D eigenvalue weighted by Crippen LogP contribution is -2.59. The normalized spacial score (nSPS) is 25.2. The number of hydrogen-bond donors (Lipinski definition) is 0. The summed E-state index contributed by atoms with van der Waals surface area (Å²) in [6, 6.07) is 8.26. The topological polar surface area (TPSA) is 45.7 Å². The summed E-state index contributed by atoms with van der Waals surface area (Å²) in [7, 11) is 0. The molecule has 5 nitrogen and oxygen atoms in total. The van der Waals surface area contributed by atoms with Gasteiger partial charge in [-0.1, -0.05) is 6.07 Å². The minimum absolute atomic E-state index is 0.0207. The average Bonchev–Trinajstić information content (AvgIpc) is 3.49. The number of nitrogens with zero attached hydrogens (tertiary/aromatic N) is 3. The first-order valence-corrected chi connectivity index (χ1v) is 11.7. The van der Waals surface area contributed by atoms with Gasteiger partial charge in [0, 0.05) is 51.0 Å². The molecule has 0 aromatic carbocycles. The lowest BCUT2D eigenvalue weighted by Gasteiger charge is -2.42. The number of hydrogen-bond acceptors (Lipinski definition) is 6. The van der Waals surface area contributed by atoms with Gasteiger partial charge < -0.3 is 9.64 Å². The average molecular weight is 426 g/mol. The first-order chi connectivity index (χ1) is 14.2. The van der Waals surface area contributed by atoms with E-state index in [2.05, 4.69) is 49.6 Å². The molecule has 1 amide bonds. The molecule has 150 valence electrons. The van der Waals surface area contributed by atoms with E-state index in [0.717, 1.165) is 18.7 Å². The maximum absolute atomic E-state index is 13.8. The zero-order chi connectivity index (χ0) is 19.7. The molecule has 2 aliphatic rings. The van der Waals surface area contributed by atoms with Gasteiger partial charge in [-0.3, -0.25) is 14.7 Å². The van der Waals surface area contributed by atoms with Gasteiger partial charge in [-0.15, -0.1) is 0 Å². The quantitative estimate of drug-likeness (QED) is 0.627. The minimum Gasteiger partial charge on any atom is -0.361 e. The summed E-state index contributed by atoms with van der Waals surface area (Å²) in [6.07, 6.45) is 3.66. The summed E-state index contributed by atoms with van der Waals surface area (Å²) in [5.41, 5.74) is 2.71. The number of carbonyl (C=O) groups is 1. The molecule has 1 spiro atoms. The van der Waals surface area contributed by atoms with Crippen molar-refractivity contribution in [2.24, 2.45) is 0 Å². The molecule has 0 N–H and O–H groups in total. The fourth-order valence-corrected chi connectivity index (χ4v) is 5.84. The van der Waals surface area contributed by atoms with Crippen LogP contribution in [0.2, 0.25) is 0 Å². The SMILES string of the molecule is O=C1N(Cc2ccsc2)CCO[C@@]12CN(Cc1ccsc1)C[C@H]2c1cccnc1. The fourth-order valence-electron chi connectivity index (χ4n) is 4.52. The molecule has 0 bridgehead atoms. The van der Waals surface area contributed by atoms with E-state index < -0.39 is 5.60 Å². The van der Waals surface area contributed by atoms with Crippen molar-refractivity contribution in [1.82, 2.24) is 14.8 Å². The van der Waals surface area contributed by atoms with Crippen molar-refractivity contribution in [3.8, 4) is 0 Å². The zero-order valence-corrected chi connectivity index (χ0v) is 17.7. The molecule has 0 radical (unpaired) electrons. The third kappa shape index (κ3) is 3.64. The van der Waals surface area contributed by atoms with E-state index in [9.17, 15) is 4.79 Å². The molecular formula is C22H23N3O2S2. The number of rotatable bonds is 5. The third-order valence-corrected chi connectivity index (χ3v) is 7.32. The van der Waals surface area contributed by atoms with Gasteiger partial charge in [-0.25, -0.2) is 0 Å². The van der Waals surface area contributed by atoms with Gasteiger partial charge >= 0.3 is 0 Å². The Labute approximate surface area is 178 Å². The van der Waals surface area contributed by atoms with E-state index in [4.69, 9.17) is 4.74 Å². The second-order valence-corrected chi connectivity index (χ2v) is 9.30. The highest BCUT2D eigenvalue weighted by atomic mass is 32.1. The van der Waals surface area contributed by atoms with Gasteiger partial charge in [-0.05, 0) is 56.4 Å². The van der Waals surface area contributed by atoms with Crippen molar-refractivity contribution in [2.75, 3.05) is 26.2 Å². The Morgan fingerprint density at radius 3 is 2.62 bits per heavy atom. The Balaban J connectivity index is 1.45. The van der Waals surface area contributed by atoms with Crippen molar-refractivity contribution < 1.29 is 9.53 Å². The number of carbonyl (C=O) groups excluding carboxylic acids is 1. The maximum atomic E-state index is 13.8. The van der Waals surface area contributed by atoms with Crippen LogP contribution in [0.15, 0.2) is 58.2 Å². The first kappa shape index (κ1) is 18.9. The van der Waals surface area contributed by atoms with Crippen LogP contribution < -0.4 is 0 Å². The number of pyridine rings is 1. The predicted octanol–water partition coefficient (Wildman–Crippen LogP) is 3.60. The number of likely N-dealkylation sites (tertiary alicyclic amines) is 1. The van der Waals surface area contributed by atoms with Crippen molar-refractivity contribution >= 4 is 28.6 Å². The molecule has 7 heteroatoms. The first-order valence-electron chi connectivity index (χ1n) is 9.82. The van der Waals surface area contributed by atoms with Crippen LogP contribution in [0.3, 0.4) is 0 Å². The molecule has 5 rings (SSSR count). The molecule has 0 saturated carbocycles. The predicted molar refractivity (Wildman–Crippen MR) is 115 cm³/mol. The second-order valence-electron chi connectivity index (χ2n) is 7.74. The van der Waals surface area contributed by atoms with Crippen LogP contribution >= 0.6 is 22.7 Å². The molecule has 29 heavy (non-hydrogen) atoms. The number of morpholine rings is 1. The fraction of sp³-hybridized carbons (Fsp3) is 0.364. The van der Waals surface area contributed by atoms with Crippen molar-refractivity contribution in [2.45, 2.75) is 24.6 Å². The smallest absolute Gasteiger partial charge is 0.257 e. The van der Waals surface area contributed by atoms with Gasteiger partial charge in [0.05, 0.1) is 6.61 Å². The maximum Gasteiger partial charge on any atom is 0.257 e. The summed E-state index contributed by atoms with van der Waals surface area (Å²) in [4.78, 5) is 22.4. The Hall–Kier alpha value is -2.06. The molecule has 2 fully saturated rings. The largest absolute Gasteiger partial charge is 0.361 e. The van der Waals surface area contributed by atoms with E-state index >= 15 is 0 Å². The van der Waals surface area contributed by atoms with Gasteiger partial charge in [0.1, 0.15) is 0 Å². The van der Waals surface area contributed by atoms with Crippen LogP contribution in [0.1, 0.15) is 22.6 Å². The van der Waals surface area contributed by atoms with Gasteiger partial charge in [0.15, 0.2) is 5.60 Å². The molecular weight excluding hydrogens is 402 g/mol. The highest BCUT2D eigenvalue weighted by molar-refractivity contribution is 7.08. The molecule has 3 aromatic rings. The molecule has 5 heterocycles. The third-order valence-electron chi connectivity index (χ3n) is 5.86. The second kappa shape index (κ2) is 7.99. The molecule has 2 atom stereocenters. The van der Waals surface area contributed by atoms with Crippen LogP contribution in [0.25, 0.3) is 0 Å². The number of ether oxygens (including phenoxy) is 1. The minimum atomic E-state index is -0.840. The molecule has 2 saturated heterocycles. The van der Waals surface area contributed by atoms with Crippen molar-refractivity contribution in [3.63, 3.8) is 0 Å². The summed E-state index contributed by atoms with van der Waals surface area (Å²) in [5.74, 6) is 0.0873. The monoisotopic (exact) mass is 425 g/mol. The summed E-state index contributed by atoms with van der Waals surface area (Å²) >= 11 is 3.38. The van der Waals surface area contributed by atoms with E-state index in [0.29, 0.717) is 26.2 Å². The standard InChI is InChI=1S/C22H23N3O2S2/c26-21-22(27-7-6-25(21)12-18-4-9-29-15-18)16-24(11-17-3-8-28-14-17)13-20(22)19-2-1-5-23-10-19/h1-5,8-10,14-15,20H,6-7,11-13,16H2/t20-,22+/m0/s1. The lowest BCUT2D eigenvalue weighted by molar-refractivity contribution is -0.173. The number of aromatic nitrogens is 1. The Bertz CT molecular complexity index is 946. The Kier molecular flexibility index (Phi) is 5.22. The molecule has 0 aliphatic carbocycles. The van der Waals surface area contributed by atoms with Crippen molar-refractivity contribution in [1.29, 1.82) is 0 Å². The summed E-state index contributed by atoms with van der Waals surface area (Å²) in [5, 5.41) is 8.46. The van der Waals surface area contributed by atoms with Crippen LogP contribution in [-0.2, 0) is 22.6 Å². The number of amides is 1. The van der Waals surface area contributed by atoms with Crippen LogP contribution in [0.5, 0.6) is 0 Å². The van der Waals surface area contributed by atoms with E-state index in [1.54, 1.807) is 28.9 Å². The van der Waals surface area contributed by atoms with Crippen LogP contribution in [-0.4, -0.2) is 52.5 Å². The van der Waals surface area contributed by atoms with Gasteiger partial charge in [0.2, 0.25) is 0 Å². The van der Waals surface area contributed by atoms with Gasteiger partial charge in [0.25, 0.3) is 5.91 Å². The lowest BCUT2D eigenvalue weighted by atomic mass is 9.83. The van der Waals surface area contributed by atoms with Crippen molar-refractivity contribution in [3.05, 3.63) is 74.9 Å². The van der Waals surface area contributed by atoms with Crippen LogP contribution in [0, 0.1) is 0 Å². The molecule has 3 aromatic heterocycles. The van der Waals surface area contributed by atoms with E-state index in [-0.39, 0.29) is 11.8 Å². The molecule has 0 unspecified atom stereocenters. The Morgan fingerprint density at radius 2 is 1.93 bits per heavy atom. The molecule has 2 aliphatic heterocycles. The van der Waals surface area contributed by atoms with Crippen LogP contribution in [0.4, 0.5) is 0 Å².